The summed E-state index contributed by atoms with van der Waals surface area (Å²) in [5.41, 5.74) is 5.49. The summed E-state index contributed by atoms with van der Waals surface area (Å²) in [5, 5.41) is 11.0. The number of carbonyl (C=O) groups excluding carboxylic acids is 1. The van der Waals surface area contributed by atoms with Crippen molar-refractivity contribution in [1.29, 1.82) is 0 Å². The molecule has 0 aromatic heterocycles. The number of nitro benzene ring substituents is 1. The van der Waals surface area contributed by atoms with Crippen molar-refractivity contribution in [3.63, 3.8) is 0 Å². The average molecular weight is 375 g/mol. The molecule has 142 valence electrons. The maximum atomic E-state index is 13.7. The van der Waals surface area contributed by atoms with Crippen LogP contribution in [0.15, 0.2) is 36.4 Å². The lowest BCUT2D eigenvalue weighted by atomic mass is 9.90. The van der Waals surface area contributed by atoms with Gasteiger partial charge in [-0.1, -0.05) is 12.1 Å². The summed E-state index contributed by atoms with van der Waals surface area (Å²) in [6.45, 7) is 0.866. The molecule has 1 aliphatic rings. The largest absolute Gasteiger partial charge is 0.393 e. The van der Waals surface area contributed by atoms with Crippen molar-refractivity contribution >= 4 is 17.3 Å². The highest BCUT2D eigenvalue weighted by Crippen LogP contribution is 2.29. The Morgan fingerprint density at radius 2 is 1.89 bits per heavy atom. The second kappa shape index (κ2) is 7.69. The lowest BCUT2D eigenvalue weighted by molar-refractivity contribution is -0.384. The molecule has 27 heavy (non-hydrogen) atoms. The van der Waals surface area contributed by atoms with Gasteiger partial charge in [0.2, 0.25) is 0 Å². The number of nitrogens with two attached hydrogens (primary N) is 1. The van der Waals surface area contributed by atoms with Crippen LogP contribution in [0.1, 0.15) is 28.8 Å². The van der Waals surface area contributed by atoms with Gasteiger partial charge in [-0.3, -0.25) is 14.9 Å². The quantitative estimate of drug-likeness (QED) is 0.503. The first kappa shape index (κ1) is 18.8. The molecule has 3 rings (SSSR count). The number of hydrogen-bond acceptors (Lipinski definition) is 4. The summed E-state index contributed by atoms with van der Waals surface area (Å²) in [6, 6.07) is 8.08. The van der Waals surface area contributed by atoms with Crippen LogP contribution in [0.3, 0.4) is 0 Å². The number of nitro groups is 1. The standard InChI is InChI=1S/C19H19F2N3O3/c20-14-3-1-2-13(9-14)8-12-4-6-23(7-5-12)19(25)16-10-15(21)11-17(18(16)22)24(26)27/h1-3,9-12H,4-8,22H2. The molecule has 0 unspecified atom stereocenters. The monoisotopic (exact) mass is 375 g/mol. The van der Waals surface area contributed by atoms with Gasteiger partial charge in [0.25, 0.3) is 11.6 Å². The first-order valence-electron chi connectivity index (χ1n) is 8.62. The lowest BCUT2D eigenvalue weighted by Crippen LogP contribution is -2.39. The van der Waals surface area contributed by atoms with Crippen molar-refractivity contribution < 1.29 is 18.5 Å². The lowest BCUT2D eigenvalue weighted by Gasteiger charge is -2.32. The number of nitrogen functional groups attached to an aromatic ring is 1. The number of carbonyl (C=O) groups is 1. The molecule has 1 aliphatic heterocycles. The number of hydrogen-bond donors (Lipinski definition) is 1. The van der Waals surface area contributed by atoms with Gasteiger partial charge in [0, 0.05) is 13.1 Å². The molecule has 2 aromatic rings. The average Bonchev–Trinajstić information content (AvgIpc) is 2.63. The molecule has 1 saturated heterocycles. The Morgan fingerprint density at radius 1 is 1.19 bits per heavy atom. The van der Waals surface area contributed by atoms with E-state index in [1.54, 1.807) is 6.07 Å². The van der Waals surface area contributed by atoms with E-state index >= 15 is 0 Å². The van der Waals surface area contributed by atoms with Crippen molar-refractivity contribution in [1.82, 2.24) is 4.90 Å². The van der Waals surface area contributed by atoms with Gasteiger partial charge in [-0.05, 0) is 48.9 Å². The number of amides is 1. The van der Waals surface area contributed by atoms with Crippen molar-refractivity contribution in [3.8, 4) is 0 Å². The number of likely N-dealkylation sites (tertiary alicyclic amines) is 1. The number of piperidine rings is 1. The summed E-state index contributed by atoms with van der Waals surface area (Å²) in [7, 11) is 0. The molecule has 0 saturated carbocycles. The summed E-state index contributed by atoms with van der Waals surface area (Å²) in [5.74, 6) is -1.36. The second-order valence-electron chi connectivity index (χ2n) is 6.71. The zero-order chi connectivity index (χ0) is 19.6. The van der Waals surface area contributed by atoms with Crippen LogP contribution < -0.4 is 5.73 Å². The number of rotatable bonds is 4. The van der Waals surface area contributed by atoms with E-state index in [9.17, 15) is 23.7 Å². The molecule has 0 spiro atoms. The zero-order valence-electron chi connectivity index (χ0n) is 14.5. The maximum Gasteiger partial charge on any atom is 0.295 e. The minimum Gasteiger partial charge on any atom is -0.393 e. The number of benzene rings is 2. The van der Waals surface area contributed by atoms with Gasteiger partial charge < -0.3 is 10.6 Å². The SMILES string of the molecule is Nc1c(C(=O)N2CCC(Cc3cccc(F)c3)CC2)cc(F)cc1[N+](=O)[O-]. The van der Waals surface area contributed by atoms with Gasteiger partial charge >= 0.3 is 0 Å². The van der Waals surface area contributed by atoms with Crippen LogP contribution >= 0.6 is 0 Å². The van der Waals surface area contributed by atoms with Crippen LogP contribution in [-0.2, 0) is 6.42 Å². The number of nitrogens with zero attached hydrogens (tertiary/aromatic N) is 2. The van der Waals surface area contributed by atoms with Crippen molar-refractivity contribution in [3.05, 3.63) is 69.3 Å². The van der Waals surface area contributed by atoms with E-state index in [4.69, 9.17) is 5.73 Å². The number of anilines is 1. The van der Waals surface area contributed by atoms with Crippen LogP contribution in [0, 0.1) is 27.7 Å². The van der Waals surface area contributed by atoms with Gasteiger partial charge in [0.1, 0.15) is 17.3 Å². The molecule has 0 radical (unpaired) electrons. The second-order valence-corrected chi connectivity index (χ2v) is 6.71. The van der Waals surface area contributed by atoms with Crippen LogP contribution in [0.2, 0.25) is 0 Å². The van der Waals surface area contributed by atoms with E-state index < -0.39 is 22.3 Å². The molecule has 0 bridgehead atoms. The predicted octanol–water partition coefficient (Wildman–Crippen LogP) is 3.55. The van der Waals surface area contributed by atoms with Gasteiger partial charge in [-0.25, -0.2) is 8.78 Å². The van der Waals surface area contributed by atoms with E-state index in [0.29, 0.717) is 44.3 Å². The third-order valence-corrected chi connectivity index (χ3v) is 4.87. The van der Waals surface area contributed by atoms with E-state index in [1.807, 2.05) is 6.07 Å². The highest BCUT2D eigenvalue weighted by Gasteiger charge is 2.28. The molecule has 1 fully saturated rings. The fourth-order valence-electron chi connectivity index (χ4n) is 3.44. The third-order valence-electron chi connectivity index (χ3n) is 4.87. The van der Waals surface area contributed by atoms with E-state index in [2.05, 4.69) is 0 Å². The van der Waals surface area contributed by atoms with Crippen molar-refractivity contribution in [2.45, 2.75) is 19.3 Å². The minimum absolute atomic E-state index is 0.190. The van der Waals surface area contributed by atoms with Gasteiger partial charge in [-0.15, -0.1) is 0 Å². The van der Waals surface area contributed by atoms with Crippen LogP contribution in [-0.4, -0.2) is 28.8 Å². The Morgan fingerprint density at radius 3 is 2.52 bits per heavy atom. The Hall–Kier alpha value is -3.03. The molecule has 1 heterocycles. The minimum atomic E-state index is -0.875. The summed E-state index contributed by atoms with van der Waals surface area (Å²) >= 11 is 0. The highest BCUT2D eigenvalue weighted by molar-refractivity contribution is 6.01. The van der Waals surface area contributed by atoms with E-state index in [1.165, 1.54) is 17.0 Å². The molecule has 6 nitrogen and oxygen atoms in total. The van der Waals surface area contributed by atoms with Gasteiger partial charge in [-0.2, -0.15) is 0 Å². The van der Waals surface area contributed by atoms with Crippen LogP contribution in [0.4, 0.5) is 20.2 Å². The first-order valence-corrected chi connectivity index (χ1v) is 8.62. The summed E-state index contributed by atoms with van der Waals surface area (Å²) in [4.78, 5) is 24.4. The molecule has 1 amide bonds. The summed E-state index contributed by atoms with van der Waals surface area (Å²) in [6.07, 6.45) is 2.13. The Balaban J connectivity index is 1.68. The Labute approximate surface area is 154 Å². The molecule has 8 heteroatoms. The zero-order valence-corrected chi connectivity index (χ0v) is 14.5. The fourth-order valence-corrected chi connectivity index (χ4v) is 3.44. The fraction of sp³-hybridized carbons (Fsp3) is 0.316. The van der Waals surface area contributed by atoms with Crippen molar-refractivity contribution in [2.75, 3.05) is 18.8 Å². The predicted molar refractivity (Wildman–Crippen MR) is 96.2 cm³/mol. The first-order chi connectivity index (χ1) is 12.8. The Bertz CT molecular complexity index is 880. The summed E-state index contributed by atoms with van der Waals surface area (Å²) < 4.78 is 27.0. The molecular weight excluding hydrogens is 356 g/mol. The molecule has 0 atom stereocenters. The van der Waals surface area contributed by atoms with Crippen molar-refractivity contribution in [2.24, 2.45) is 5.92 Å². The van der Waals surface area contributed by atoms with E-state index in [0.717, 1.165) is 11.6 Å². The molecule has 2 N–H and O–H groups in total. The smallest absolute Gasteiger partial charge is 0.295 e. The normalized spacial score (nSPS) is 15.0. The Kier molecular flexibility index (Phi) is 5.34. The molecule has 2 aromatic carbocycles. The molecule has 0 aliphatic carbocycles. The maximum absolute atomic E-state index is 13.7. The topological polar surface area (TPSA) is 89.5 Å². The van der Waals surface area contributed by atoms with Gasteiger partial charge in [0.05, 0.1) is 16.6 Å². The number of halogens is 2. The van der Waals surface area contributed by atoms with Gasteiger partial charge in [0.15, 0.2) is 0 Å². The third kappa shape index (κ3) is 4.21. The van der Waals surface area contributed by atoms with Crippen LogP contribution in [0.25, 0.3) is 0 Å². The highest BCUT2D eigenvalue weighted by atomic mass is 19.1. The van der Waals surface area contributed by atoms with E-state index in [-0.39, 0.29) is 17.1 Å². The molecular formula is C19H19F2N3O3. The van der Waals surface area contributed by atoms with Crippen LogP contribution in [0.5, 0.6) is 0 Å².